The molecule has 0 radical (unpaired) electrons. The predicted molar refractivity (Wildman–Crippen MR) is 98.7 cm³/mol. The summed E-state index contributed by atoms with van der Waals surface area (Å²) in [6, 6.07) is 14.0. The van der Waals surface area contributed by atoms with Crippen LogP contribution in [0.15, 0.2) is 60.3 Å². The van der Waals surface area contributed by atoms with Gasteiger partial charge in [-0.3, -0.25) is 4.79 Å². The molecule has 0 bridgehead atoms. The van der Waals surface area contributed by atoms with Crippen LogP contribution in [0, 0.1) is 3.57 Å². The second-order valence-electron chi connectivity index (χ2n) is 4.51. The quantitative estimate of drug-likeness (QED) is 0.188. The molecule has 4 nitrogen and oxygen atoms in total. The number of ketones is 1. The number of carbonyl (C=O) groups excluding carboxylic acids is 2. The molecule has 0 aliphatic rings. The highest BCUT2D eigenvalue weighted by Gasteiger charge is 2.22. The Balaban J connectivity index is 2.31. The number of halogens is 2. The van der Waals surface area contributed by atoms with Gasteiger partial charge < -0.3 is 10.1 Å². The third-order valence-corrected chi connectivity index (χ3v) is 4.04. The molecular weight excluding hydrogens is 429 g/mol. The first-order valence-electron chi connectivity index (χ1n) is 6.62. The zero-order valence-corrected chi connectivity index (χ0v) is 15.1. The third-order valence-electron chi connectivity index (χ3n) is 3.00. The van der Waals surface area contributed by atoms with Crippen LogP contribution in [0.25, 0.3) is 0 Å². The average Bonchev–Trinajstić information content (AvgIpc) is 2.56. The number of methoxy groups -OCH3 is 1. The molecule has 2 rings (SSSR count). The van der Waals surface area contributed by atoms with Gasteiger partial charge in [0.05, 0.1) is 12.1 Å². The van der Waals surface area contributed by atoms with Gasteiger partial charge in [0.15, 0.2) is 0 Å². The third kappa shape index (κ3) is 4.56. The van der Waals surface area contributed by atoms with Crippen LogP contribution in [-0.4, -0.2) is 18.9 Å². The van der Waals surface area contributed by atoms with Gasteiger partial charge in [-0.15, -0.1) is 0 Å². The van der Waals surface area contributed by atoms with Crippen molar-refractivity contribution in [3.63, 3.8) is 0 Å². The van der Waals surface area contributed by atoms with Gasteiger partial charge in [-0.1, -0.05) is 23.7 Å². The number of hydrogen-bond acceptors (Lipinski definition) is 4. The maximum Gasteiger partial charge on any atom is 0.343 e. The molecule has 23 heavy (non-hydrogen) atoms. The lowest BCUT2D eigenvalue weighted by Crippen LogP contribution is -2.16. The van der Waals surface area contributed by atoms with Crippen LogP contribution in [0.4, 0.5) is 5.69 Å². The van der Waals surface area contributed by atoms with Crippen molar-refractivity contribution in [2.75, 3.05) is 12.4 Å². The topological polar surface area (TPSA) is 55.4 Å². The van der Waals surface area contributed by atoms with E-state index in [4.69, 9.17) is 16.3 Å². The van der Waals surface area contributed by atoms with Crippen molar-refractivity contribution in [1.29, 1.82) is 0 Å². The smallest absolute Gasteiger partial charge is 0.343 e. The number of carbonyl (C=O) groups is 2. The van der Waals surface area contributed by atoms with Gasteiger partial charge in [0.1, 0.15) is 5.57 Å². The van der Waals surface area contributed by atoms with Crippen molar-refractivity contribution in [2.45, 2.75) is 0 Å². The molecule has 0 heterocycles. The largest absolute Gasteiger partial charge is 0.465 e. The lowest BCUT2D eigenvalue weighted by atomic mass is 10.0. The van der Waals surface area contributed by atoms with Crippen molar-refractivity contribution in [3.05, 3.63) is 74.5 Å². The second-order valence-corrected chi connectivity index (χ2v) is 6.16. The number of Topliss-reactive ketones (excluding diaryl/α,β-unsaturated/α-hetero) is 1. The average molecular weight is 442 g/mol. The lowest BCUT2D eigenvalue weighted by Gasteiger charge is -2.08. The fourth-order valence-electron chi connectivity index (χ4n) is 1.82. The van der Waals surface area contributed by atoms with Crippen LogP contribution < -0.4 is 5.32 Å². The predicted octanol–water partition coefficient (Wildman–Crippen LogP) is 4.30. The van der Waals surface area contributed by atoms with Gasteiger partial charge >= 0.3 is 5.97 Å². The van der Waals surface area contributed by atoms with Gasteiger partial charge in [-0.05, 0) is 59.0 Å². The van der Waals surface area contributed by atoms with E-state index in [2.05, 4.69) is 27.9 Å². The molecule has 0 spiro atoms. The Labute approximate surface area is 152 Å². The highest BCUT2D eigenvalue weighted by atomic mass is 127. The molecular formula is C17H13ClINO3. The van der Waals surface area contributed by atoms with Crippen molar-refractivity contribution >= 4 is 51.6 Å². The Morgan fingerprint density at radius 2 is 1.78 bits per heavy atom. The molecule has 0 saturated carbocycles. The Kier molecular flexibility index (Phi) is 6.18. The van der Waals surface area contributed by atoms with Crippen molar-refractivity contribution in [2.24, 2.45) is 0 Å². The number of nitrogens with one attached hydrogen (secondary N) is 1. The van der Waals surface area contributed by atoms with E-state index in [1.54, 1.807) is 24.3 Å². The number of anilines is 1. The number of esters is 1. The van der Waals surface area contributed by atoms with Crippen LogP contribution in [0.1, 0.15) is 10.4 Å². The molecule has 0 aromatic heterocycles. The summed E-state index contributed by atoms with van der Waals surface area (Å²) in [4.78, 5) is 24.5. The summed E-state index contributed by atoms with van der Waals surface area (Å²) in [5, 5.41) is 3.21. The molecule has 2 aromatic carbocycles. The van der Waals surface area contributed by atoms with Crippen LogP contribution >= 0.6 is 34.2 Å². The van der Waals surface area contributed by atoms with Gasteiger partial charge in [0.2, 0.25) is 5.78 Å². The molecule has 0 aliphatic carbocycles. The minimum atomic E-state index is -0.729. The van der Waals surface area contributed by atoms with E-state index in [9.17, 15) is 9.59 Å². The summed E-state index contributed by atoms with van der Waals surface area (Å²) < 4.78 is 5.77. The molecule has 2 aromatic rings. The minimum Gasteiger partial charge on any atom is -0.465 e. The van der Waals surface area contributed by atoms with E-state index in [-0.39, 0.29) is 16.2 Å². The monoisotopic (exact) mass is 441 g/mol. The first kappa shape index (κ1) is 17.5. The maximum atomic E-state index is 12.5. The number of ether oxygens (including phenoxy) is 1. The SMILES string of the molecule is COC(=O)/C(=C/Nc1ccc(I)cc1)C(=O)c1ccccc1Cl. The molecule has 118 valence electrons. The van der Waals surface area contributed by atoms with Crippen molar-refractivity contribution in [1.82, 2.24) is 0 Å². The molecule has 0 amide bonds. The number of hydrogen-bond donors (Lipinski definition) is 1. The van der Waals surface area contributed by atoms with Crippen LogP contribution in [-0.2, 0) is 9.53 Å². The zero-order chi connectivity index (χ0) is 16.8. The summed E-state index contributed by atoms with van der Waals surface area (Å²) >= 11 is 8.21. The van der Waals surface area contributed by atoms with E-state index in [0.29, 0.717) is 0 Å². The van der Waals surface area contributed by atoms with Crippen molar-refractivity contribution in [3.8, 4) is 0 Å². The van der Waals surface area contributed by atoms with Gasteiger partial charge in [-0.25, -0.2) is 4.79 Å². The van der Waals surface area contributed by atoms with Gasteiger partial charge in [0, 0.05) is 21.0 Å². The molecule has 0 atom stereocenters. The van der Waals surface area contributed by atoms with E-state index in [1.165, 1.54) is 13.3 Å². The van der Waals surface area contributed by atoms with E-state index >= 15 is 0 Å². The summed E-state index contributed by atoms with van der Waals surface area (Å²) in [5.41, 5.74) is 0.869. The van der Waals surface area contributed by atoms with Gasteiger partial charge in [-0.2, -0.15) is 0 Å². The van der Waals surface area contributed by atoms with E-state index in [0.717, 1.165) is 9.26 Å². The first-order valence-corrected chi connectivity index (χ1v) is 8.08. The fourth-order valence-corrected chi connectivity index (χ4v) is 2.40. The summed E-state index contributed by atoms with van der Waals surface area (Å²) in [6.07, 6.45) is 1.33. The first-order chi connectivity index (χ1) is 11.0. The number of benzene rings is 2. The lowest BCUT2D eigenvalue weighted by molar-refractivity contribution is -0.135. The molecule has 1 N–H and O–H groups in total. The molecule has 0 saturated heterocycles. The summed E-state index contributed by atoms with van der Waals surface area (Å²) in [5.74, 6) is -1.23. The fraction of sp³-hybridized carbons (Fsp3) is 0.0588. The maximum absolute atomic E-state index is 12.5. The van der Waals surface area contributed by atoms with Crippen LogP contribution in [0.2, 0.25) is 5.02 Å². The Hall–Kier alpha value is -1.86. The normalized spacial score (nSPS) is 11.0. The van der Waals surface area contributed by atoms with Crippen molar-refractivity contribution < 1.29 is 14.3 Å². The standard InChI is InChI=1S/C17H13ClINO3/c1-23-17(22)14(10-20-12-8-6-11(19)7-9-12)16(21)13-4-2-3-5-15(13)18/h2-10,20H,1H3/b14-10+. The van der Waals surface area contributed by atoms with E-state index < -0.39 is 11.8 Å². The molecule has 0 aliphatic heterocycles. The number of rotatable bonds is 5. The Bertz CT molecular complexity index is 757. The van der Waals surface area contributed by atoms with E-state index in [1.807, 2.05) is 24.3 Å². The highest BCUT2D eigenvalue weighted by molar-refractivity contribution is 14.1. The summed E-state index contributed by atoms with van der Waals surface area (Å²) in [7, 11) is 1.22. The van der Waals surface area contributed by atoms with Crippen LogP contribution in [0.3, 0.4) is 0 Å². The zero-order valence-electron chi connectivity index (χ0n) is 12.2. The molecule has 0 fully saturated rings. The molecule has 0 unspecified atom stereocenters. The summed E-state index contributed by atoms with van der Waals surface area (Å²) in [6.45, 7) is 0. The Morgan fingerprint density at radius 3 is 2.39 bits per heavy atom. The van der Waals surface area contributed by atoms with Crippen LogP contribution in [0.5, 0.6) is 0 Å². The second kappa shape index (κ2) is 8.12. The Morgan fingerprint density at radius 1 is 1.13 bits per heavy atom. The highest BCUT2D eigenvalue weighted by Crippen LogP contribution is 2.20. The minimum absolute atomic E-state index is 0.126. The van der Waals surface area contributed by atoms with Gasteiger partial charge in [0.25, 0.3) is 0 Å². The molecule has 6 heteroatoms.